The topological polar surface area (TPSA) is 100 Å². The van der Waals surface area contributed by atoms with E-state index in [4.69, 9.17) is 11.8 Å². The summed E-state index contributed by atoms with van der Waals surface area (Å²) < 4.78 is 28.3. The number of aliphatic imine (C=N–C) groups is 1. The highest BCUT2D eigenvalue weighted by Crippen LogP contribution is 2.25. The summed E-state index contributed by atoms with van der Waals surface area (Å²) in [5, 5.41) is 11.3. The zero-order valence-corrected chi connectivity index (χ0v) is 22.2. The maximum absolute atomic E-state index is 13.7. The van der Waals surface area contributed by atoms with Gasteiger partial charge in [-0.2, -0.15) is 9.67 Å². The van der Waals surface area contributed by atoms with Crippen LogP contribution in [0.15, 0.2) is 41.4 Å². The van der Waals surface area contributed by atoms with Crippen LogP contribution in [0.25, 0.3) is 10.9 Å². The summed E-state index contributed by atoms with van der Waals surface area (Å²) in [6, 6.07) is 7.58. The Bertz CT molecular complexity index is 1320. The van der Waals surface area contributed by atoms with E-state index in [0.29, 0.717) is 10.9 Å². The molecule has 0 saturated heterocycles. The molecule has 37 heavy (non-hydrogen) atoms. The largest absolute Gasteiger partial charge is 0.353 e. The van der Waals surface area contributed by atoms with Crippen molar-refractivity contribution in [1.29, 1.82) is 0 Å². The molecule has 0 saturated carbocycles. The van der Waals surface area contributed by atoms with Crippen molar-refractivity contribution in [3.05, 3.63) is 59.2 Å². The quantitative estimate of drug-likeness (QED) is 0.203. The van der Waals surface area contributed by atoms with E-state index >= 15 is 0 Å². The molecular formula is C26H31ClF2N6O2. The summed E-state index contributed by atoms with van der Waals surface area (Å²) in [6.45, 7) is 9.57. The number of fused-ring (bicyclic) bond motifs is 1. The molecule has 1 amide bonds. The minimum absolute atomic E-state index is 0.0612. The Labute approximate surface area is 219 Å². The van der Waals surface area contributed by atoms with Gasteiger partial charge in [0.2, 0.25) is 5.96 Å². The van der Waals surface area contributed by atoms with Crippen LogP contribution < -0.4 is 15.5 Å². The Hall–Kier alpha value is -3.37. The minimum Gasteiger partial charge on any atom is -0.353 e. The van der Waals surface area contributed by atoms with E-state index in [2.05, 4.69) is 25.6 Å². The van der Waals surface area contributed by atoms with Gasteiger partial charge in [0.25, 0.3) is 11.8 Å². The monoisotopic (exact) mass is 532 g/mol. The van der Waals surface area contributed by atoms with Crippen molar-refractivity contribution in [2.45, 2.75) is 59.5 Å². The fourth-order valence-corrected chi connectivity index (χ4v) is 4.16. The molecular weight excluding hydrogens is 502 g/mol. The Balaban J connectivity index is 2.06. The molecule has 2 aromatic carbocycles. The van der Waals surface area contributed by atoms with Crippen molar-refractivity contribution in [3.63, 3.8) is 0 Å². The van der Waals surface area contributed by atoms with Crippen LogP contribution in [0.2, 0.25) is 0 Å². The van der Waals surface area contributed by atoms with E-state index in [-0.39, 0.29) is 35.2 Å². The summed E-state index contributed by atoms with van der Waals surface area (Å²) in [7, 11) is 0. The van der Waals surface area contributed by atoms with Crippen LogP contribution in [0, 0.1) is 24.5 Å². The van der Waals surface area contributed by atoms with Crippen LogP contribution in [0.1, 0.15) is 61.3 Å². The predicted octanol–water partition coefficient (Wildman–Crippen LogP) is 5.42. The number of nitrogens with one attached hydrogen (secondary N) is 3. The third kappa shape index (κ3) is 6.69. The number of guanidine groups is 1. The molecule has 0 spiro atoms. The van der Waals surface area contributed by atoms with E-state index < -0.39 is 23.6 Å². The summed E-state index contributed by atoms with van der Waals surface area (Å²) in [5.74, 6) is -3.09. The minimum atomic E-state index is -1.14. The predicted molar refractivity (Wildman–Crippen MR) is 142 cm³/mol. The Morgan fingerprint density at radius 2 is 1.84 bits per heavy atom. The van der Waals surface area contributed by atoms with Gasteiger partial charge in [-0.25, -0.2) is 13.6 Å². The first-order valence-corrected chi connectivity index (χ1v) is 12.4. The van der Waals surface area contributed by atoms with Gasteiger partial charge in [0.15, 0.2) is 17.5 Å². The lowest BCUT2D eigenvalue weighted by Gasteiger charge is -2.17. The van der Waals surface area contributed by atoms with Gasteiger partial charge in [-0.05, 0) is 73.9 Å². The summed E-state index contributed by atoms with van der Waals surface area (Å²) in [4.78, 5) is 32.7. The first-order valence-electron chi connectivity index (χ1n) is 12.1. The summed E-state index contributed by atoms with van der Waals surface area (Å²) >= 11 is 5.86. The Morgan fingerprint density at radius 3 is 2.46 bits per heavy atom. The van der Waals surface area contributed by atoms with E-state index in [1.165, 1.54) is 4.68 Å². The van der Waals surface area contributed by atoms with Crippen LogP contribution in [0.5, 0.6) is 0 Å². The highest BCUT2D eigenvalue weighted by Gasteiger charge is 2.27. The molecule has 0 aliphatic rings. The van der Waals surface area contributed by atoms with Gasteiger partial charge >= 0.3 is 0 Å². The smallest absolute Gasteiger partial charge is 0.280 e. The molecule has 2 atom stereocenters. The number of hydrogen-bond donors (Lipinski definition) is 3. The molecule has 0 bridgehead atoms. The number of nitrogens with zero attached hydrogens (tertiary/aromatic N) is 3. The zero-order chi connectivity index (χ0) is 27.3. The number of benzene rings is 2. The number of hydrogen-bond acceptors (Lipinski definition) is 4. The van der Waals surface area contributed by atoms with E-state index in [1.54, 1.807) is 0 Å². The molecule has 1 unspecified atom stereocenters. The zero-order valence-electron chi connectivity index (χ0n) is 21.4. The third-order valence-electron chi connectivity index (χ3n) is 5.82. The number of carbonyl (C=O) groups is 2. The van der Waals surface area contributed by atoms with Crippen molar-refractivity contribution in [3.8, 4) is 0 Å². The average molecular weight is 533 g/mol. The maximum Gasteiger partial charge on any atom is 0.280 e. The molecule has 1 heterocycles. The molecule has 3 rings (SSSR count). The second-order valence-corrected chi connectivity index (χ2v) is 9.52. The number of halogens is 3. The van der Waals surface area contributed by atoms with E-state index in [9.17, 15) is 18.4 Å². The molecule has 1 aromatic heterocycles. The van der Waals surface area contributed by atoms with Crippen LogP contribution in [-0.2, 0) is 0 Å². The van der Waals surface area contributed by atoms with Crippen molar-refractivity contribution >= 4 is 46.3 Å². The highest BCUT2D eigenvalue weighted by molar-refractivity contribution is 6.15. The van der Waals surface area contributed by atoms with Gasteiger partial charge in [0.05, 0.1) is 5.52 Å². The first kappa shape index (κ1) is 28.2. The maximum atomic E-state index is 13.7. The second-order valence-electron chi connectivity index (χ2n) is 9.30. The third-order valence-corrected chi connectivity index (χ3v) is 6.05. The highest BCUT2D eigenvalue weighted by atomic mass is 35.5. The van der Waals surface area contributed by atoms with E-state index in [0.717, 1.165) is 36.6 Å². The van der Waals surface area contributed by atoms with Crippen molar-refractivity contribution in [2.75, 3.05) is 5.32 Å². The number of anilines is 1. The summed E-state index contributed by atoms with van der Waals surface area (Å²) in [5.41, 5.74) is 1.36. The van der Waals surface area contributed by atoms with Gasteiger partial charge in [-0.15, -0.1) is 5.10 Å². The standard InChI is InChI=1S/C26H31ClF2N6O2/c1-6-7-16(5)30-26(32-24(36)17-9-11-19(28)20(29)13-17)31-23-18-10-8-15(4)12-21(18)35(34-23)25(37)22(33-27)14(2)3/h8-14,16,22,33H,6-7H2,1-5H3,(H2,30,31,32,34,36)/t16-,22?/m0/s1. The Kier molecular flexibility index (Phi) is 9.34. The van der Waals surface area contributed by atoms with Crippen molar-refractivity contribution in [2.24, 2.45) is 10.9 Å². The van der Waals surface area contributed by atoms with Gasteiger partial charge in [0.1, 0.15) is 6.04 Å². The fourth-order valence-electron chi connectivity index (χ4n) is 3.82. The number of amides is 1. The number of aryl methyl sites for hydroxylation is 1. The Morgan fingerprint density at radius 1 is 1.11 bits per heavy atom. The van der Waals surface area contributed by atoms with Gasteiger partial charge in [-0.3, -0.25) is 9.59 Å². The molecule has 0 aliphatic heterocycles. The van der Waals surface area contributed by atoms with Gasteiger partial charge < -0.3 is 10.6 Å². The fraction of sp³-hybridized carbons (Fsp3) is 0.385. The number of aromatic nitrogens is 2. The second kappa shape index (κ2) is 12.2. The molecule has 198 valence electrons. The number of rotatable bonds is 8. The van der Waals surface area contributed by atoms with Crippen molar-refractivity contribution < 1.29 is 18.4 Å². The summed E-state index contributed by atoms with van der Waals surface area (Å²) in [6.07, 6.45) is 1.66. The first-order chi connectivity index (χ1) is 17.5. The van der Waals surface area contributed by atoms with Gasteiger partial charge in [0, 0.05) is 17.0 Å². The molecule has 0 fully saturated rings. The molecule has 11 heteroatoms. The van der Waals surface area contributed by atoms with Crippen LogP contribution in [0.4, 0.5) is 14.6 Å². The molecule has 3 N–H and O–H groups in total. The number of carbonyl (C=O) groups excluding carboxylic acids is 2. The normalized spacial score (nSPS) is 13.6. The lowest BCUT2D eigenvalue weighted by atomic mass is 10.0. The van der Waals surface area contributed by atoms with E-state index in [1.807, 2.05) is 52.8 Å². The SMILES string of the molecule is CCC[C@H](C)N/C(=N/C(=O)c1ccc(F)c(F)c1)Nc1nn(C(=O)C(NCl)C(C)C)c2cc(C)ccc12. The van der Waals surface area contributed by atoms with Crippen LogP contribution >= 0.6 is 11.8 Å². The van der Waals surface area contributed by atoms with Crippen LogP contribution in [0.3, 0.4) is 0 Å². The van der Waals surface area contributed by atoms with Gasteiger partial charge in [-0.1, -0.05) is 33.3 Å². The van der Waals surface area contributed by atoms with Crippen molar-refractivity contribution in [1.82, 2.24) is 19.9 Å². The van der Waals surface area contributed by atoms with Crippen LogP contribution in [-0.4, -0.2) is 39.6 Å². The molecule has 0 radical (unpaired) electrons. The molecule has 3 aromatic rings. The lowest BCUT2D eigenvalue weighted by Crippen LogP contribution is -2.40. The average Bonchev–Trinajstić information content (AvgIpc) is 3.18. The molecule has 8 nitrogen and oxygen atoms in total. The molecule has 0 aliphatic carbocycles. The lowest BCUT2D eigenvalue weighted by molar-refractivity contribution is 0.0837.